The Labute approximate surface area is 187 Å². The first kappa shape index (κ1) is 23.5. The molecule has 4 aromatic rings. The van der Waals surface area contributed by atoms with E-state index in [0.29, 0.717) is 11.5 Å². The van der Waals surface area contributed by atoms with E-state index in [1.807, 2.05) is 0 Å². The van der Waals surface area contributed by atoms with Crippen molar-refractivity contribution in [2.75, 3.05) is 4.72 Å². The number of nitrogens with zero attached hydrogens (tertiary/aromatic N) is 5. The van der Waals surface area contributed by atoms with Gasteiger partial charge in [-0.1, -0.05) is 12.1 Å². The zero-order chi connectivity index (χ0) is 24.9. The van der Waals surface area contributed by atoms with Crippen molar-refractivity contribution in [2.24, 2.45) is 7.05 Å². The van der Waals surface area contributed by atoms with Crippen LogP contribution in [0.15, 0.2) is 53.9 Å². The molecule has 4 rings (SSSR count). The SMILES string of the molecule is Cn1ncc2ccc(CC(F)(F)F)c(NS(=O)(=O)c3cnn(-c4cc(C(F)(F)F)ccn4)c3)c21. The molecule has 0 aliphatic carbocycles. The quantitative estimate of drug-likeness (QED) is 0.414. The van der Waals surface area contributed by atoms with Gasteiger partial charge in [0.25, 0.3) is 10.0 Å². The summed E-state index contributed by atoms with van der Waals surface area (Å²) in [6.45, 7) is 0. The molecule has 0 spiro atoms. The number of hydrogen-bond donors (Lipinski definition) is 1. The van der Waals surface area contributed by atoms with E-state index in [9.17, 15) is 34.8 Å². The highest BCUT2D eigenvalue weighted by Gasteiger charge is 2.32. The van der Waals surface area contributed by atoms with Crippen molar-refractivity contribution in [3.05, 3.63) is 60.2 Å². The van der Waals surface area contributed by atoms with Gasteiger partial charge in [0.15, 0.2) is 5.82 Å². The van der Waals surface area contributed by atoms with Gasteiger partial charge < -0.3 is 0 Å². The van der Waals surface area contributed by atoms with Crippen LogP contribution in [0.3, 0.4) is 0 Å². The molecule has 1 aromatic carbocycles. The standard InChI is InChI=1S/C19H14F6N6O2S/c1-30-17-12(8-27-30)3-2-11(7-18(20,21)22)16(17)29-34(32,33)14-9-28-31(10-14)15-6-13(4-5-26-15)19(23,24)25/h2-6,8-10,29H,7H2,1H3. The largest absolute Gasteiger partial charge is 0.416 e. The number of nitrogens with one attached hydrogen (secondary N) is 1. The van der Waals surface area contributed by atoms with Gasteiger partial charge in [0.1, 0.15) is 4.90 Å². The molecule has 0 saturated heterocycles. The minimum absolute atomic E-state index is 0.122. The van der Waals surface area contributed by atoms with Crippen molar-refractivity contribution in [3.63, 3.8) is 0 Å². The Morgan fingerprint density at radius 3 is 2.44 bits per heavy atom. The number of pyridine rings is 1. The topological polar surface area (TPSA) is 94.7 Å². The smallest absolute Gasteiger partial charge is 0.277 e. The van der Waals surface area contributed by atoms with E-state index in [2.05, 4.69) is 19.9 Å². The number of aryl methyl sites for hydroxylation is 1. The van der Waals surface area contributed by atoms with Crippen molar-refractivity contribution in [3.8, 4) is 5.82 Å². The van der Waals surface area contributed by atoms with E-state index in [1.54, 1.807) is 0 Å². The van der Waals surface area contributed by atoms with Gasteiger partial charge in [-0.15, -0.1) is 0 Å². The van der Waals surface area contributed by atoms with Crippen molar-refractivity contribution >= 4 is 26.6 Å². The minimum Gasteiger partial charge on any atom is -0.277 e. The van der Waals surface area contributed by atoms with Crippen molar-refractivity contribution in [2.45, 2.75) is 23.7 Å². The summed E-state index contributed by atoms with van der Waals surface area (Å²) in [4.78, 5) is 3.25. The van der Waals surface area contributed by atoms with Gasteiger partial charge >= 0.3 is 12.4 Å². The normalized spacial score (nSPS) is 12.9. The molecule has 3 heterocycles. The number of sulfonamides is 1. The molecule has 3 aromatic heterocycles. The van der Waals surface area contributed by atoms with E-state index >= 15 is 0 Å². The number of alkyl halides is 6. The van der Waals surface area contributed by atoms with Crippen LogP contribution in [0.5, 0.6) is 0 Å². The minimum atomic E-state index is -4.65. The van der Waals surface area contributed by atoms with Crippen LogP contribution in [0.2, 0.25) is 0 Å². The maximum Gasteiger partial charge on any atom is 0.416 e. The molecule has 0 amide bonds. The average molecular weight is 504 g/mol. The Kier molecular flexibility index (Phi) is 5.54. The molecule has 0 unspecified atom stereocenters. The number of aromatic nitrogens is 5. The molecule has 1 N–H and O–H groups in total. The molecular formula is C19H14F6N6O2S. The van der Waals surface area contributed by atoms with Gasteiger partial charge in [0.2, 0.25) is 0 Å². The Morgan fingerprint density at radius 2 is 1.76 bits per heavy atom. The third-order valence-corrected chi connectivity index (χ3v) is 6.10. The summed E-state index contributed by atoms with van der Waals surface area (Å²) in [6.07, 6.45) is -6.68. The summed E-state index contributed by atoms with van der Waals surface area (Å²) in [6, 6.07) is 3.95. The first-order valence-electron chi connectivity index (χ1n) is 9.36. The van der Waals surface area contributed by atoms with E-state index in [0.717, 1.165) is 35.4 Å². The summed E-state index contributed by atoms with van der Waals surface area (Å²) in [5, 5.41) is 8.09. The van der Waals surface area contributed by atoms with Crippen LogP contribution in [0.4, 0.5) is 32.0 Å². The summed E-state index contributed by atoms with van der Waals surface area (Å²) in [7, 11) is -3.06. The van der Waals surface area contributed by atoms with Crippen LogP contribution < -0.4 is 4.72 Å². The Hall–Kier alpha value is -3.62. The molecule has 8 nitrogen and oxygen atoms in total. The lowest BCUT2D eigenvalue weighted by molar-refractivity contribution is -0.137. The molecule has 0 radical (unpaired) electrons. The van der Waals surface area contributed by atoms with Crippen molar-refractivity contribution < 1.29 is 34.8 Å². The summed E-state index contributed by atoms with van der Waals surface area (Å²) >= 11 is 0. The van der Waals surface area contributed by atoms with E-state index in [1.165, 1.54) is 24.0 Å². The van der Waals surface area contributed by atoms with Crippen LogP contribution >= 0.6 is 0 Å². The Balaban J connectivity index is 1.74. The number of fused-ring (bicyclic) bond motifs is 1. The molecule has 0 aliphatic rings. The third kappa shape index (κ3) is 4.69. The zero-order valence-electron chi connectivity index (χ0n) is 17.1. The first-order chi connectivity index (χ1) is 15.7. The van der Waals surface area contributed by atoms with E-state index < -0.39 is 39.3 Å². The molecule has 0 fully saturated rings. The van der Waals surface area contributed by atoms with Crippen LogP contribution in [-0.2, 0) is 29.7 Å². The lowest BCUT2D eigenvalue weighted by atomic mass is 10.1. The highest BCUT2D eigenvalue weighted by atomic mass is 32.2. The lowest BCUT2D eigenvalue weighted by Crippen LogP contribution is -2.18. The molecule has 180 valence electrons. The Morgan fingerprint density at radius 1 is 1.03 bits per heavy atom. The highest BCUT2D eigenvalue weighted by molar-refractivity contribution is 7.92. The third-order valence-electron chi connectivity index (χ3n) is 4.79. The molecule has 0 saturated carbocycles. The maximum atomic E-state index is 13.1. The van der Waals surface area contributed by atoms with Crippen LogP contribution in [-0.4, -0.2) is 39.1 Å². The molecule has 0 bridgehead atoms. The van der Waals surface area contributed by atoms with Gasteiger partial charge in [-0.25, -0.2) is 18.1 Å². The van der Waals surface area contributed by atoms with Gasteiger partial charge in [-0.05, 0) is 17.7 Å². The second kappa shape index (κ2) is 8.00. The lowest BCUT2D eigenvalue weighted by Gasteiger charge is -2.15. The highest BCUT2D eigenvalue weighted by Crippen LogP contribution is 2.34. The van der Waals surface area contributed by atoms with Crippen molar-refractivity contribution in [1.82, 2.24) is 24.5 Å². The maximum absolute atomic E-state index is 13.1. The second-order valence-electron chi connectivity index (χ2n) is 7.22. The monoisotopic (exact) mass is 504 g/mol. The molecular weight excluding hydrogens is 490 g/mol. The summed E-state index contributed by atoms with van der Waals surface area (Å²) in [5.74, 6) is -0.303. The number of benzene rings is 1. The fraction of sp³-hybridized carbons (Fsp3) is 0.211. The fourth-order valence-corrected chi connectivity index (χ4v) is 4.31. The predicted molar refractivity (Wildman–Crippen MR) is 108 cm³/mol. The number of anilines is 1. The predicted octanol–water partition coefficient (Wildman–Crippen LogP) is 4.08. The molecule has 0 atom stereocenters. The Bertz CT molecular complexity index is 1470. The van der Waals surface area contributed by atoms with E-state index in [-0.39, 0.29) is 22.6 Å². The zero-order valence-corrected chi connectivity index (χ0v) is 17.9. The van der Waals surface area contributed by atoms with Gasteiger partial charge in [0, 0.05) is 18.6 Å². The number of halogens is 6. The van der Waals surface area contributed by atoms with Crippen molar-refractivity contribution in [1.29, 1.82) is 0 Å². The average Bonchev–Trinajstić information content (AvgIpc) is 3.36. The van der Waals surface area contributed by atoms with Gasteiger partial charge in [0.05, 0.1) is 41.8 Å². The molecule has 0 aliphatic heterocycles. The second-order valence-corrected chi connectivity index (χ2v) is 8.91. The van der Waals surface area contributed by atoms with Crippen LogP contribution in [0.25, 0.3) is 16.7 Å². The first-order valence-corrected chi connectivity index (χ1v) is 10.8. The van der Waals surface area contributed by atoms with Gasteiger partial charge in [-0.3, -0.25) is 9.40 Å². The number of rotatable bonds is 5. The summed E-state index contributed by atoms with van der Waals surface area (Å²) in [5.41, 5.74) is -1.55. The van der Waals surface area contributed by atoms with Gasteiger partial charge in [-0.2, -0.15) is 36.5 Å². The molecule has 34 heavy (non-hydrogen) atoms. The van der Waals surface area contributed by atoms with Crippen LogP contribution in [0.1, 0.15) is 11.1 Å². The fourth-order valence-electron chi connectivity index (χ4n) is 3.27. The number of hydrogen-bond acceptors (Lipinski definition) is 5. The van der Waals surface area contributed by atoms with Crippen LogP contribution in [0, 0.1) is 0 Å². The van der Waals surface area contributed by atoms with E-state index in [4.69, 9.17) is 0 Å². The molecule has 15 heteroatoms. The summed E-state index contributed by atoms with van der Waals surface area (Å²) < 4.78 is 108.